The fraction of sp³-hybridized carbons (Fsp3) is 0.172. The quantitative estimate of drug-likeness (QED) is 0.277. The molecule has 4 rings (SSSR count). The van der Waals surface area contributed by atoms with E-state index >= 15 is 0 Å². The molecule has 0 heterocycles. The van der Waals surface area contributed by atoms with E-state index in [9.17, 15) is 8.42 Å². The van der Waals surface area contributed by atoms with Gasteiger partial charge in [-0.1, -0.05) is 114 Å². The van der Waals surface area contributed by atoms with Crippen LogP contribution in [0.5, 0.6) is 0 Å². The third kappa shape index (κ3) is 8.52. The molecule has 0 aromatic heterocycles. The van der Waals surface area contributed by atoms with Gasteiger partial charge in [0.05, 0.1) is 17.0 Å². The van der Waals surface area contributed by atoms with Crippen LogP contribution in [0, 0.1) is 20.8 Å². The van der Waals surface area contributed by atoms with Crippen LogP contribution in [-0.4, -0.2) is 8.42 Å². The number of nitrogens with one attached hydrogen (secondary N) is 1. The summed E-state index contributed by atoms with van der Waals surface area (Å²) in [6.07, 6.45) is 0. The van der Waals surface area contributed by atoms with Crippen molar-refractivity contribution in [3.05, 3.63) is 137 Å². The summed E-state index contributed by atoms with van der Waals surface area (Å²) in [5.74, 6) is 0. The second kappa shape index (κ2) is 13.5. The topological polar surface area (TPSA) is 72.2 Å². The predicted octanol–water partition coefficient (Wildman–Crippen LogP) is 6.02. The van der Waals surface area contributed by atoms with E-state index < -0.39 is 22.1 Å². The molecule has 4 nitrogen and oxygen atoms in total. The van der Waals surface area contributed by atoms with Crippen LogP contribution in [0.3, 0.4) is 0 Å². The fourth-order valence-electron chi connectivity index (χ4n) is 3.47. The minimum absolute atomic E-state index is 0. The van der Waals surface area contributed by atoms with Crippen molar-refractivity contribution in [1.29, 1.82) is 0 Å². The second-order valence-corrected chi connectivity index (χ2v) is 10.1. The number of rotatable bonds is 6. The molecule has 184 valence electrons. The maximum Gasteiger partial charge on any atom is 0.241 e. The van der Waals surface area contributed by atoms with E-state index in [4.69, 9.17) is 5.73 Å². The summed E-state index contributed by atoms with van der Waals surface area (Å²) in [6.45, 7) is 6.11. The van der Waals surface area contributed by atoms with Gasteiger partial charge in [-0.25, -0.2) is 13.1 Å². The van der Waals surface area contributed by atoms with Gasteiger partial charge in [-0.15, -0.1) is 0 Å². The molecule has 4 aromatic carbocycles. The van der Waals surface area contributed by atoms with E-state index in [1.165, 1.54) is 11.1 Å². The van der Waals surface area contributed by atoms with Crippen LogP contribution in [0.4, 0.5) is 0 Å². The average molecular weight is 574 g/mol. The van der Waals surface area contributed by atoms with Crippen LogP contribution in [0.2, 0.25) is 0 Å². The number of benzene rings is 4. The number of sulfonamides is 1. The van der Waals surface area contributed by atoms with Crippen LogP contribution >= 0.6 is 0 Å². The van der Waals surface area contributed by atoms with Gasteiger partial charge in [0.25, 0.3) is 0 Å². The summed E-state index contributed by atoms with van der Waals surface area (Å²) in [4.78, 5) is 0.226. The summed E-state index contributed by atoms with van der Waals surface area (Å²) in [5, 5.41) is 0. The van der Waals surface area contributed by atoms with Gasteiger partial charge in [-0.2, -0.15) is 0 Å². The van der Waals surface area contributed by atoms with Crippen molar-refractivity contribution in [3.63, 3.8) is 0 Å². The molecule has 6 heteroatoms. The Morgan fingerprint density at radius 1 is 0.600 bits per heavy atom. The minimum Gasteiger partial charge on any atom is -0.322 e. The first-order chi connectivity index (χ1) is 16.3. The van der Waals surface area contributed by atoms with Crippen molar-refractivity contribution in [2.75, 3.05) is 0 Å². The zero-order chi connectivity index (χ0) is 24.6. The first kappa shape index (κ1) is 28.6. The predicted molar refractivity (Wildman–Crippen MR) is 140 cm³/mol. The Balaban J connectivity index is 0.000000409. The molecule has 4 aromatic rings. The van der Waals surface area contributed by atoms with Crippen molar-refractivity contribution in [2.24, 2.45) is 5.73 Å². The molecule has 0 spiro atoms. The smallest absolute Gasteiger partial charge is 0.241 e. The zero-order valence-corrected chi connectivity index (χ0v) is 22.8. The molecule has 0 saturated heterocycles. The zero-order valence-electron chi connectivity index (χ0n) is 20.2. The van der Waals surface area contributed by atoms with E-state index in [-0.39, 0.29) is 24.4 Å². The molecular formula is C29H32N2O2RuS. The maximum atomic E-state index is 12.9. The van der Waals surface area contributed by atoms with E-state index in [0.717, 1.165) is 16.7 Å². The third-order valence-corrected chi connectivity index (χ3v) is 6.99. The summed E-state index contributed by atoms with van der Waals surface area (Å²) in [6, 6.07) is 33.1. The minimum atomic E-state index is -3.71. The van der Waals surface area contributed by atoms with Gasteiger partial charge in [0.1, 0.15) is 0 Å². The Kier molecular flexibility index (Phi) is 11.0. The molecule has 0 amide bonds. The van der Waals surface area contributed by atoms with Gasteiger partial charge < -0.3 is 5.73 Å². The van der Waals surface area contributed by atoms with Gasteiger partial charge in [-0.3, -0.25) is 0 Å². The number of nitrogens with two attached hydrogens (primary N) is 1. The van der Waals surface area contributed by atoms with E-state index in [1.54, 1.807) is 24.3 Å². The molecule has 0 aliphatic rings. The van der Waals surface area contributed by atoms with Gasteiger partial charge in [0.15, 0.2) is 0 Å². The molecular weight excluding hydrogens is 541 g/mol. The van der Waals surface area contributed by atoms with E-state index in [1.807, 2.05) is 67.6 Å². The molecule has 3 N–H and O–H groups in total. The monoisotopic (exact) mass is 574 g/mol. The largest absolute Gasteiger partial charge is 0.322 e. The number of hydrogen-bond acceptors (Lipinski definition) is 3. The van der Waals surface area contributed by atoms with E-state index in [0.29, 0.717) is 0 Å². The van der Waals surface area contributed by atoms with Crippen molar-refractivity contribution < 1.29 is 27.9 Å². The summed E-state index contributed by atoms with van der Waals surface area (Å²) in [5.41, 5.74) is 11.8. The Hall–Kier alpha value is -2.63. The van der Waals surface area contributed by atoms with Crippen molar-refractivity contribution in [3.8, 4) is 0 Å². The molecule has 0 unspecified atom stereocenters. The first-order valence-corrected chi connectivity index (χ1v) is 12.7. The van der Waals surface area contributed by atoms with E-state index in [2.05, 4.69) is 42.8 Å². The standard InChI is InChI=1S/C21H22N2O2S.C8H10.Ru/c1-16-12-14-19(15-13-16)26(24,25)23-21(18-10-6-3-7-11-18)20(22)17-8-4-2-5-9-17;1-7-3-5-8(2)6-4-7;/h2-15,20-21,23H,22H2,1H3;3-6H,1-2H3;/t20-,21-;;/m1../s1. The molecule has 0 aliphatic heterocycles. The SMILES string of the molecule is Cc1ccc(C)cc1.Cc1ccc(S(=O)(=O)N[C@H](c2ccccc2)[C@H](N)c2ccccc2)cc1.[Ru]. The molecule has 0 bridgehead atoms. The molecule has 0 aliphatic carbocycles. The third-order valence-electron chi connectivity index (χ3n) is 5.53. The van der Waals surface area contributed by atoms with Gasteiger partial charge in [0.2, 0.25) is 10.0 Å². The molecule has 0 saturated carbocycles. The molecule has 35 heavy (non-hydrogen) atoms. The summed E-state index contributed by atoms with van der Waals surface area (Å²) >= 11 is 0. The Labute approximate surface area is 222 Å². The second-order valence-electron chi connectivity index (χ2n) is 8.41. The average Bonchev–Trinajstić information content (AvgIpc) is 2.86. The van der Waals surface area contributed by atoms with Crippen molar-refractivity contribution in [2.45, 2.75) is 37.8 Å². The van der Waals surface area contributed by atoms with Gasteiger partial charge in [0, 0.05) is 19.5 Å². The van der Waals surface area contributed by atoms with Gasteiger partial charge >= 0.3 is 0 Å². The summed E-state index contributed by atoms with van der Waals surface area (Å²) < 4.78 is 28.6. The van der Waals surface area contributed by atoms with Crippen LogP contribution in [0.25, 0.3) is 0 Å². The molecule has 0 fully saturated rings. The first-order valence-electron chi connectivity index (χ1n) is 11.2. The Morgan fingerprint density at radius 3 is 1.40 bits per heavy atom. The van der Waals surface area contributed by atoms with Crippen molar-refractivity contribution in [1.82, 2.24) is 4.72 Å². The van der Waals surface area contributed by atoms with Gasteiger partial charge in [-0.05, 0) is 44.0 Å². The van der Waals surface area contributed by atoms with Crippen LogP contribution in [-0.2, 0) is 29.5 Å². The number of aryl methyl sites for hydroxylation is 3. The molecule has 2 atom stereocenters. The maximum absolute atomic E-state index is 12.9. The van der Waals surface area contributed by atoms with Crippen LogP contribution in [0.1, 0.15) is 39.9 Å². The Morgan fingerprint density at radius 2 is 0.971 bits per heavy atom. The van der Waals surface area contributed by atoms with Crippen molar-refractivity contribution >= 4 is 10.0 Å². The summed E-state index contributed by atoms with van der Waals surface area (Å²) in [7, 11) is -3.71. The normalized spacial score (nSPS) is 12.5. The van der Waals surface area contributed by atoms with Crippen LogP contribution < -0.4 is 10.5 Å². The molecule has 0 radical (unpaired) electrons. The van der Waals surface area contributed by atoms with Crippen LogP contribution in [0.15, 0.2) is 114 Å². The fourth-order valence-corrected chi connectivity index (χ4v) is 4.71. The Bertz CT molecular complexity index is 1240. The number of hydrogen-bond donors (Lipinski definition) is 2.